The van der Waals surface area contributed by atoms with Gasteiger partial charge in [0, 0.05) is 18.6 Å². The molecule has 1 aromatic carbocycles. The van der Waals surface area contributed by atoms with Gasteiger partial charge >= 0.3 is 0 Å². The van der Waals surface area contributed by atoms with E-state index in [1.807, 2.05) is 30.1 Å². The van der Waals surface area contributed by atoms with Crippen molar-refractivity contribution in [2.75, 3.05) is 29.2 Å². The highest BCUT2D eigenvalue weighted by atomic mass is 35.5. The number of rotatable bonds is 5. The van der Waals surface area contributed by atoms with E-state index in [-0.39, 0.29) is 11.7 Å². The third-order valence-corrected chi connectivity index (χ3v) is 6.69. The molecule has 4 rings (SSSR count). The number of anilines is 2. The number of aromatic nitrogens is 2. The van der Waals surface area contributed by atoms with Crippen molar-refractivity contribution in [1.82, 2.24) is 14.9 Å². The fraction of sp³-hybridized carbons (Fsp3) is 0.278. The molecule has 1 saturated heterocycles. The highest BCUT2D eigenvalue weighted by Crippen LogP contribution is 2.33. The first-order valence-corrected chi connectivity index (χ1v) is 11.0. The van der Waals surface area contributed by atoms with Crippen LogP contribution in [0.25, 0.3) is 10.4 Å². The van der Waals surface area contributed by atoms with E-state index in [9.17, 15) is 4.79 Å². The summed E-state index contributed by atoms with van der Waals surface area (Å²) in [5.74, 6) is 1.85. The largest absolute Gasteiger partial charge is 0.431 e. The van der Waals surface area contributed by atoms with Crippen LogP contribution in [0.1, 0.15) is 21.9 Å². The number of oxazole rings is 1. The summed E-state index contributed by atoms with van der Waals surface area (Å²) in [7, 11) is 0. The van der Waals surface area contributed by atoms with E-state index >= 15 is 0 Å². The number of thiazole rings is 1. The van der Waals surface area contributed by atoms with Gasteiger partial charge in [0.1, 0.15) is 11.3 Å². The van der Waals surface area contributed by atoms with E-state index < -0.39 is 5.91 Å². The topological polar surface area (TPSA) is 97.3 Å². The number of carbonyl (C=O) groups excluding carboxylic acids is 1. The first-order chi connectivity index (χ1) is 13.6. The summed E-state index contributed by atoms with van der Waals surface area (Å²) in [6.07, 6.45) is 4.29. The number of thioether (sulfide) groups is 1. The molecule has 7 nitrogen and oxygen atoms in total. The molecule has 146 valence electrons. The van der Waals surface area contributed by atoms with Crippen LogP contribution in [0, 0.1) is 0 Å². The average Bonchev–Trinajstić information content (AvgIpc) is 3.33. The molecule has 10 heteroatoms. The third-order valence-electron chi connectivity index (χ3n) is 4.20. The van der Waals surface area contributed by atoms with E-state index in [1.54, 1.807) is 17.4 Å². The molecule has 1 fully saturated rings. The number of halogens is 1. The van der Waals surface area contributed by atoms with Crippen LogP contribution in [0.5, 0.6) is 0 Å². The van der Waals surface area contributed by atoms with Crippen molar-refractivity contribution in [3.05, 3.63) is 46.4 Å². The van der Waals surface area contributed by atoms with Crippen LogP contribution < -0.4 is 11.1 Å². The van der Waals surface area contributed by atoms with Crippen molar-refractivity contribution < 1.29 is 9.21 Å². The number of benzene rings is 1. The van der Waals surface area contributed by atoms with Gasteiger partial charge < -0.3 is 15.5 Å². The number of carbonyl (C=O) groups is 1. The maximum Gasteiger partial charge on any atom is 0.292 e. The fourth-order valence-electron chi connectivity index (χ4n) is 2.83. The Labute approximate surface area is 175 Å². The molecule has 0 aliphatic carbocycles. The second kappa shape index (κ2) is 8.52. The van der Waals surface area contributed by atoms with Gasteiger partial charge in [0.05, 0.1) is 22.1 Å². The maximum atomic E-state index is 12.3. The minimum atomic E-state index is -0.438. The average molecular weight is 436 g/mol. The minimum absolute atomic E-state index is 0.0608. The first-order valence-electron chi connectivity index (χ1n) is 8.65. The molecule has 0 unspecified atom stereocenters. The minimum Gasteiger partial charge on any atom is -0.431 e. The molecule has 1 aliphatic rings. The van der Waals surface area contributed by atoms with Crippen LogP contribution >= 0.6 is 34.7 Å². The van der Waals surface area contributed by atoms with E-state index in [0.29, 0.717) is 10.7 Å². The monoisotopic (exact) mass is 435 g/mol. The smallest absolute Gasteiger partial charge is 0.292 e. The van der Waals surface area contributed by atoms with Gasteiger partial charge in [0.15, 0.2) is 5.69 Å². The van der Waals surface area contributed by atoms with Gasteiger partial charge in [0.2, 0.25) is 0 Å². The van der Waals surface area contributed by atoms with Gasteiger partial charge in [0.25, 0.3) is 11.9 Å². The van der Waals surface area contributed by atoms with E-state index in [2.05, 4.69) is 20.2 Å². The number of amides is 1. The lowest BCUT2D eigenvalue weighted by molar-refractivity contribution is 0.102. The fourth-order valence-corrected chi connectivity index (χ4v) is 4.90. The van der Waals surface area contributed by atoms with Crippen LogP contribution in [-0.2, 0) is 6.54 Å². The summed E-state index contributed by atoms with van der Waals surface area (Å²) in [6.45, 7) is 1.98. The Balaban J connectivity index is 1.49. The molecule has 3 N–H and O–H groups in total. The number of nitrogens with one attached hydrogen (secondary N) is 1. The lowest BCUT2D eigenvalue weighted by Gasteiger charge is -2.24. The standard InChI is InChI=1S/C18H18ClN5O2S2/c19-12-3-2-11(6-13(12)22-17(25)14-9-26-18(20)23-14)15-7-21-16(28-15)8-24-4-1-5-27-10-24/h2-3,6-7,9H,1,4-5,8,10H2,(H2,20,23)(H,22,25). The molecule has 0 spiro atoms. The molecule has 0 atom stereocenters. The van der Waals surface area contributed by atoms with Gasteiger partial charge in [-0.25, -0.2) is 4.98 Å². The highest BCUT2D eigenvalue weighted by molar-refractivity contribution is 7.99. The van der Waals surface area contributed by atoms with Crippen molar-refractivity contribution in [2.24, 2.45) is 0 Å². The second-order valence-corrected chi connectivity index (χ2v) is 8.88. The lowest BCUT2D eigenvalue weighted by atomic mass is 10.2. The molecule has 0 saturated carbocycles. The molecule has 28 heavy (non-hydrogen) atoms. The van der Waals surface area contributed by atoms with Gasteiger partial charge in [-0.15, -0.1) is 23.1 Å². The van der Waals surface area contributed by atoms with Gasteiger partial charge in [-0.1, -0.05) is 17.7 Å². The highest BCUT2D eigenvalue weighted by Gasteiger charge is 2.16. The molecule has 2 aromatic heterocycles. The summed E-state index contributed by atoms with van der Waals surface area (Å²) in [5, 5.41) is 4.26. The van der Waals surface area contributed by atoms with Crippen LogP contribution in [0.4, 0.5) is 11.7 Å². The van der Waals surface area contributed by atoms with Gasteiger partial charge in [-0.3, -0.25) is 9.69 Å². The molecule has 1 amide bonds. The number of hydrogen-bond donors (Lipinski definition) is 2. The zero-order chi connectivity index (χ0) is 19.5. The Morgan fingerprint density at radius 1 is 1.43 bits per heavy atom. The Kier molecular flexibility index (Phi) is 5.86. The molecule has 0 bridgehead atoms. The van der Waals surface area contributed by atoms with E-state index in [4.69, 9.17) is 21.8 Å². The Morgan fingerprint density at radius 2 is 2.32 bits per heavy atom. The molecule has 1 aliphatic heterocycles. The second-order valence-electron chi connectivity index (χ2n) is 6.28. The van der Waals surface area contributed by atoms with Crippen LogP contribution in [-0.4, -0.2) is 38.9 Å². The van der Waals surface area contributed by atoms with Gasteiger partial charge in [-0.05, 0) is 29.9 Å². The summed E-state index contributed by atoms with van der Waals surface area (Å²) in [4.78, 5) is 24.1. The normalized spacial score (nSPS) is 14.9. The molecule has 3 aromatic rings. The zero-order valence-electron chi connectivity index (χ0n) is 14.9. The zero-order valence-corrected chi connectivity index (χ0v) is 17.2. The predicted octanol–water partition coefficient (Wildman–Crippen LogP) is 4.18. The van der Waals surface area contributed by atoms with Crippen LogP contribution in [0.3, 0.4) is 0 Å². The lowest BCUT2D eigenvalue weighted by Crippen LogP contribution is -2.27. The SMILES string of the molecule is Nc1nc(C(=O)Nc2cc(-c3cnc(CN4CCCSC4)s3)ccc2Cl)co1. The maximum absolute atomic E-state index is 12.3. The molecule has 0 radical (unpaired) electrons. The van der Waals surface area contributed by atoms with Gasteiger partial charge in [-0.2, -0.15) is 4.98 Å². The summed E-state index contributed by atoms with van der Waals surface area (Å²) < 4.78 is 4.87. The summed E-state index contributed by atoms with van der Waals surface area (Å²) >= 11 is 9.86. The van der Waals surface area contributed by atoms with Crippen molar-refractivity contribution in [3.63, 3.8) is 0 Å². The van der Waals surface area contributed by atoms with Crippen molar-refractivity contribution in [3.8, 4) is 10.4 Å². The Hall–Kier alpha value is -2.07. The third kappa shape index (κ3) is 4.49. The predicted molar refractivity (Wildman–Crippen MR) is 114 cm³/mol. The van der Waals surface area contributed by atoms with Crippen LogP contribution in [0.2, 0.25) is 5.02 Å². The Morgan fingerprint density at radius 3 is 3.07 bits per heavy atom. The van der Waals surface area contributed by atoms with E-state index in [0.717, 1.165) is 34.4 Å². The summed E-state index contributed by atoms with van der Waals surface area (Å²) in [5.41, 5.74) is 6.95. The number of nitrogens with zero attached hydrogens (tertiary/aromatic N) is 3. The van der Waals surface area contributed by atoms with Crippen molar-refractivity contribution >= 4 is 52.3 Å². The van der Waals surface area contributed by atoms with E-state index in [1.165, 1.54) is 18.4 Å². The summed E-state index contributed by atoms with van der Waals surface area (Å²) in [6, 6.07) is 5.44. The number of hydrogen-bond acceptors (Lipinski definition) is 8. The first kappa shape index (κ1) is 19.3. The number of nitrogen functional groups attached to an aromatic ring is 1. The van der Waals surface area contributed by atoms with Crippen molar-refractivity contribution in [1.29, 1.82) is 0 Å². The number of nitrogens with two attached hydrogens (primary N) is 1. The molecular formula is C18H18ClN5O2S2. The molecular weight excluding hydrogens is 418 g/mol. The van der Waals surface area contributed by atoms with Crippen LogP contribution in [0.15, 0.2) is 35.1 Å². The molecule has 3 heterocycles. The quantitative estimate of drug-likeness (QED) is 0.620. The van der Waals surface area contributed by atoms with Crippen molar-refractivity contribution in [2.45, 2.75) is 13.0 Å². The Bertz CT molecular complexity index is 984.